The number of nitrogens with zero attached hydrogens (tertiary/aromatic N) is 1. The molecule has 14 heavy (non-hydrogen) atoms. The second kappa shape index (κ2) is 6.89. The van der Waals surface area contributed by atoms with Gasteiger partial charge in [-0.1, -0.05) is 0 Å². The van der Waals surface area contributed by atoms with Crippen molar-refractivity contribution in [1.82, 2.24) is 0 Å². The molecule has 0 rings (SSSR count). The van der Waals surface area contributed by atoms with Gasteiger partial charge in [-0.2, -0.15) is 5.26 Å². The van der Waals surface area contributed by atoms with E-state index in [2.05, 4.69) is 4.74 Å². The minimum absolute atomic E-state index is 0.0302. The van der Waals surface area contributed by atoms with Crippen molar-refractivity contribution in [3.63, 3.8) is 0 Å². The first-order valence-corrected chi connectivity index (χ1v) is 4.39. The summed E-state index contributed by atoms with van der Waals surface area (Å²) in [5, 5.41) is 16.9. The molecule has 0 amide bonds. The number of esters is 1. The molecule has 1 N–H and O–H groups in total. The Hall–Kier alpha value is -1.57. The molecule has 5 heteroatoms. The van der Waals surface area contributed by atoms with E-state index < -0.39 is 17.9 Å². The van der Waals surface area contributed by atoms with Crippen LogP contribution in [0.5, 0.6) is 0 Å². The molecule has 0 spiro atoms. The molecule has 0 heterocycles. The highest BCUT2D eigenvalue weighted by Gasteiger charge is 2.18. The fourth-order valence-electron chi connectivity index (χ4n) is 0.935. The fourth-order valence-corrected chi connectivity index (χ4v) is 0.935. The Morgan fingerprint density at radius 3 is 2.64 bits per heavy atom. The normalized spacial score (nSPS) is 11.4. The zero-order chi connectivity index (χ0) is 11.0. The Morgan fingerprint density at radius 1 is 1.57 bits per heavy atom. The van der Waals surface area contributed by atoms with Gasteiger partial charge in [-0.05, 0) is 19.8 Å². The van der Waals surface area contributed by atoms with Crippen LogP contribution in [0, 0.1) is 17.2 Å². The van der Waals surface area contributed by atoms with Gasteiger partial charge in [-0.3, -0.25) is 9.59 Å². The molecule has 0 radical (unpaired) electrons. The highest BCUT2D eigenvalue weighted by Crippen LogP contribution is 2.09. The number of carboxylic acid groups (broad SMARTS) is 1. The Kier molecular flexibility index (Phi) is 6.12. The molecule has 0 saturated carbocycles. The third kappa shape index (κ3) is 5.14. The number of hydrogen-bond acceptors (Lipinski definition) is 4. The lowest BCUT2D eigenvalue weighted by Crippen LogP contribution is -2.16. The second-order valence-corrected chi connectivity index (χ2v) is 2.72. The molecular formula is C9H13NO4. The van der Waals surface area contributed by atoms with Crippen molar-refractivity contribution >= 4 is 11.9 Å². The van der Waals surface area contributed by atoms with Crippen LogP contribution in [0.2, 0.25) is 0 Å². The van der Waals surface area contributed by atoms with Gasteiger partial charge < -0.3 is 9.84 Å². The van der Waals surface area contributed by atoms with E-state index in [9.17, 15) is 9.59 Å². The topological polar surface area (TPSA) is 87.4 Å². The predicted molar refractivity (Wildman–Crippen MR) is 47.2 cm³/mol. The van der Waals surface area contributed by atoms with Gasteiger partial charge in [0.15, 0.2) is 0 Å². The first kappa shape index (κ1) is 12.4. The monoisotopic (exact) mass is 199 g/mol. The molecule has 0 bridgehead atoms. The van der Waals surface area contributed by atoms with Crippen LogP contribution < -0.4 is 0 Å². The van der Waals surface area contributed by atoms with E-state index in [1.165, 1.54) is 0 Å². The van der Waals surface area contributed by atoms with E-state index in [1.807, 2.05) is 0 Å². The molecule has 0 aliphatic rings. The summed E-state index contributed by atoms with van der Waals surface area (Å²) in [6.07, 6.45) is 0.519. The molecule has 0 aromatic carbocycles. The number of nitriles is 1. The van der Waals surface area contributed by atoms with Crippen LogP contribution in [0.25, 0.3) is 0 Å². The largest absolute Gasteiger partial charge is 0.481 e. The molecule has 0 aliphatic carbocycles. The van der Waals surface area contributed by atoms with Crippen molar-refractivity contribution in [3.8, 4) is 6.07 Å². The summed E-state index contributed by atoms with van der Waals surface area (Å²) in [7, 11) is 0. The molecule has 0 saturated heterocycles. The Bertz CT molecular complexity index is 244. The van der Waals surface area contributed by atoms with Gasteiger partial charge in [0.1, 0.15) is 5.92 Å². The van der Waals surface area contributed by atoms with Crippen LogP contribution in [0.3, 0.4) is 0 Å². The number of rotatable bonds is 6. The average molecular weight is 199 g/mol. The molecule has 78 valence electrons. The molecule has 0 fully saturated rings. The smallest absolute Gasteiger partial charge is 0.323 e. The standard InChI is InChI=1S/C9H13NO4/c1-2-14-9(13)7(6-10)4-3-5-8(11)12/h7H,2-5H2,1H3,(H,11,12). The molecule has 0 aromatic heterocycles. The molecule has 5 nitrogen and oxygen atoms in total. The number of ether oxygens (including phenoxy) is 1. The first-order chi connectivity index (χ1) is 6.61. The third-order valence-corrected chi connectivity index (χ3v) is 1.61. The quantitative estimate of drug-likeness (QED) is 0.643. The van der Waals surface area contributed by atoms with E-state index in [0.717, 1.165) is 0 Å². The summed E-state index contributed by atoms with van der Waals surface area (Å²) >= 11 is 0. The average Bonchev–Trinajstić information content (AvgIpc) is 2.12. The van der Waals surface area contributed by atoms with Crippen LogP contribution in [0.4, 0.5) is 0 Å². The third-order valence-electron chi connectivity index (χ3n) is 1.61. The van der Waals surface area contributed by atoms with Crippen molar-refractivity contribution in [3.05, 3.63) is 0 Å². The van der Waals surface area contributed by atoms with Gasteiger partial charge in [0.05, 0.1) is 12.7 Å². The number of carbonyl (C=O) groups is 2. The van der Waals surface area contributed by atoms with Crippen molar-refractivity contribution < 1.29 is 19.4 Å². The van der Waals surface area contributed by atoms with Crippen LogP contribution >= 0.6 is 0 Å². The van der Waals surface area contributed by atoms with Crippen LogP contribution in [-0.2, 0) is 14.3 Å². The Labute approximate surface area is 82.3 Å². The predicted octanol–water partition coefficient (Wildman–Crippen LogP) is 0.944. The van der Waals surface area contributed by atoms with Gasteiger partial charge in [0.2, 0.25) is 0 Å². The maximum atomic E-state index is 11.1. The van der Waals surface area contributed by atoms with Crippen LogP contribution in [0.15, 0.2) is 0 Å². The second-order valence-electron chi connectivity index (χ2n) is 2.72. The summed E-state index contributed by atoms with van der Waals surface area (Å²) in [5.41, 5.74) is 0. The van der Waals surface area contributed by atoms with Gasteiger partial charge in [-0.25, -0.2) is 0 Å². The minimum atomic E-state index is -0.925. The van der Waals surface area contributed by atoms with E-state index in [1.54, 1.807) is 13.0 Å². The lowest BCUT2D eigenvalue weighted by molar-refractivity contribution is -0.146. The fraction of sp³-hybridized carbons (Fsp3) is 0.667. The van der Waals surface area contributed by atoms with Gasteiger partial charge in [-0.15, -0.1) is 0 Å². The van der Waals surface area contributed by atoms with E-state index >= 15 is 0 Å². The lowest BCUT2D eigenvalue weighted by Gasteiger charge is -2.06. The van der Waals surface area contributed by atoms with Gasteiger partial charge in [0, 0.05) is 6.42 Å². The number of aliphatic carboxylic acids is 1. The lowest BCUT2D eigenvalue weighted by atomic mass is 10.0. The summed E-state index contributed by atoms with van der Waals surface area (Å²) in [6, 6.07) is 1.79. The molecule has 0 aliphatic heterocycles. The highest BCUT2D eigenvalue weighted by molar-refractivity contribution is 5.75. The molecule has 1 atom stereocenters. The minimum Gasteiger partial charge on any atom is -0.481 e. The number of hydrogen-bond donors (Lipinski definition) is 1. The van der Waals surface area contributed by atoms with Crippen molar-refractivity contribution in [2.24, 2.45) is 5.92 Å². The zero-order valence-electron chi connectivity index (χ0n) is 8.02. The van der Waals surface area contributed by atoms with Crippen molar-refractivity contribution in [2.45, 2.75) is 26.2 Å². The van der Waals surface area contributed by atoms with Gasteiger partial charge >= 0.3 is 11.9 Å². The molecule has 0 aromatic rings. The molecule has 1 unspecified atom stereocenters. The van der Waals surface area contributed by atoms with E-state index in [-0.39, 0.29) is 19.4 Å². The number of carbonyl (C=O) groups excluding carboxylic acids is 1. The van der Waals surface area contributed by atoms with Crippen LogP contribution in [-0.4, -0.2) is 23.7 Å². The van der Waals surface area contributed by atoms with E-state index in [4.69, 9.17) is 10.4 Å². The summed E-state index contributed by atoms with van der Waals surface area (Å²) in [6.45, 7) is 1.89. The SMILES string of the molecule is CCOC(=O)C(C#N)CCCC(=O)O. The summed E-state index contributed by atoms with van der Waals surface area (Å²) in [5.74, 6) is -2.33. The maximum Gasteiger partial charge on any atom is 0.323 e. The molecular weight excluding hydrogens is 186 g/mol. The Balaban J connectivity index is 3.86. The van der Waals surface area contributed by atoms with Crippen LogP contribution in [0.1, 0.15) is 26.2 Å². The van der Waals surface area contributed by atoms with Gasteiger partial charge in [0.25, 0.3) is 0 Å². The summed E-state index contributed by atoms with van der Waals surface area (Å²) < 4.78 is 4.64. The van der Waals surface area contributed by atoms with Crippen molar-refractivity contribution in [1.29, 1.82) is 5.26 Å². The summed E-state index contributed by atoms with van der Waals surface area (Å²) in [4.78, 5) is 21.2. The number of carboxylic acids is 1. The van der Waals surface area contributed by atoms with Crippen molar-refractivity contribution in [2.75, 3.05) is 6.61 Å². The maximum absolute atomic E-state index is 11.1. The highest BCUT2D eigenvalue weighted by atomic mass is 16.5. The zero-order valence-corrected chi connectivity index (χ0v) is 8.02. The van der Waals surface area contributed by atoms with E-state index in [0.29, 0.717) is 6.42 Å². The Morgan fingerprint density at radius 2 is 2.21 bits per heavy atom. The first-order valence-electron chi connectivity index (χ1n) is 4.39.